The van der Waals surface area contributed by atoms with Crippen LogP contribution in [-0.4, -0.2) is 19.9 Å². The predicted molar refractivity (Wildman–Crippen MR) is 243 cm³/mol. The van der Waals surface area contributed by atoms with Gasteiger partial charge >= 0.3 is 0 Å². The van der Waals surface area contributed by atoms with Gasteiger partial charge in [-0.3, -0.25) is 0 Å². The van der Waals surface area contributed by atoms with Gasteiger partial charge in [0.1, 0.15) is 26.2 Å². The zero-order valence-electron chi connectivity index (χ0n) is 36.7. The number of H-pyrrole nitrogens is 2. The van der Waals surface area contributed by atoms with E-state index in [1.807, 2.05) is 0 Å². The molecule has 8 nitrogen and oxygen atoms in total. The van der Waals surface area contributed by atoms with Crippen LogP contribution in [0, 0.1) is 0 Å². The number of aromatic amines is 2. The molecule has 7 aromatic rings. The first-order valence-electron chi connectivity index (χ1n) is 21.7. The summed E-state index contributed by atoms with van der Waals surface area (Å²) in [5.74, 6) is 0. The number of aryl methyl sites for hydroxylation is 4. The lowest BCUT2D eigenvalue weighted by molar-refractivity contribution is -0.697. The highest BCUT2D eigenvalue weighted by Gasteiger charge is 2.21. The third kappa shape index (κ3) is 10.9. The van der Waals surface area contributed by atoms with Crippen LogP contribution >= 0.6 is 0 Å². The number of nitrogens with one attached hydrogen (secondary N) is 2. The van der Waals surface area contributed by atoms with Gasteiger partial charge in [0.05, 0.1) is 22.8 Å². The molecule has 0 saturated carbocycles. The Kier molecular flexibility index (Phi) is 18.8. The van der Waals surface area contributed by atoms with E-state index in [4.69, 9.17) is 9.97 Å². The second-order valence-electron chi connectivity index (χ2n) is 15.8. The van der Waals surface area contributed by atoms with E-state index < -0.39 is 0 Å². The molecule has 2 N–H and O–H groups in total. The molecule has 0 aliphatic carbocycles. The van der Waals surface area contributed by atoms with Crippen molar-refractivity contribution < 1.29 is 114 Å². The smallest absolute Gasteiger partial charge is 0.169 e. The molecule has 0 spiro atoms. The molecule has 0 amide bonds. The Bertz CT molecular complexity index is 2750. The molecule has 2 aliphatic rings. The maximum atomic E-state index is 5.49. The molecular formula is C52H54I4N8. The van der Waals surface area contributed by atoms with E-state index in [0.29, 0.717) is 0 Å². The Morgan fingerprint density at radius 2 is 0.562 bits per heavy atom. The van der Waals surface area contributed by atoms with Crippen molar-refractivity contribution in [2.24, 2.45) is 0 Å². The van der Waals surface area contributed by atoms with Crippen molar-refractivity contribution in [2.75, 3.05) is 0 Å². The Hall–Kier alpha value is -3.88. The van der Waals surface area contributed by atoms with Crippen molar-refractivity contribution >= 4 is 46.4 Å². The van der Waals surface area contributed by atoms with Gasteiger partial charge in [-0.2, -0.15) is 0 Å². The van der Waals surface area contributed by atoms with Crippen LogP contribution in [-0.2, 0) is 26.2 Å². The second kappa shape index (κ2) is 23.5. The van der Waals surface area contributed by atoms with E-state index >= 15 is 0 Å². The average molecular weight is 1300 g/mol. The minimum Gasteiger partial charge on any atom is -1.00 e. The average Bonchev–Trinajstić information content (AvgIpc) is 4.12. The molecule has 0 saturated heterocycles. The number of fused-ring (bicyclic) bond motifs is 8. The lowest BCUT2D eigenvalue weighted by Gasteiger charge is -2.07. The van der Waals surface area contributed by atoms with Crippen molar-refractivity contribution in [3.05, 3.63) is 145 Å². The van der Waals surface area contributed by atoms with Gasteiger partial charge < -0.3 is 106 Å². The molecule has 0 fully saturated rings. The van der Waals surface area contributed by atoms with Crippen LogP contribution in [0.15, 0.2) is 122 Å². The minimum atomic E-state index is 0. The summed E-state index contributed by atoms with van der Waals surface area (Å²) < 4.78 is 8.97. The quantitative estimate of drug-likeness (QED) is 0.111. The van der Waals surface area contributed by atoms with Crippen LogP contribution in [0.25, 0.3) is 90.9 Å². The fraction of sp³-hybridized carbons (Fsp3) is 0.231. The monoisotopic (exact) mass is 1300 g/mol. The maximum absolute atomic E-state index is 5.49. The normalized spacial score (nSPS) is 11.3. The Morgan fingerprint density at radius 1 is 0.328 bits per heavy atom. The number of aromatic nitrogens is 8. The number of hydrogen-bond acceptors (Lipinski definition) is 2. The zero-order chi connectivity index (χ0) is 41.0. The number of halogens is 4. The van der Waals surface area contributed by atoms with E-state index in [9.17, 15) is 0 Å². The molecule has 9 rings (SSSR count). The van der Waals surface area contributed by atoms with Gasteiger partial charge in [0, 0.05) is 119 Å². The first-order valence-corrected chi connectivity index (χ1v) is 21.7. The summed E-state index contributed by atoms with van der Waals surface area (Å²) >= 11 is 0. The van der Waals surface area contributed by atoms with Crippen molar-refractivity contribution in [1.29, 1.82) is 0 Å². The highest BCUT2D eigenvalue weighted by atomic mass is 127. The van der Waals surface area contributed by atoms with Gasteiger partial charge in [0.2, 0.25) is 0 Å². The summed E-state index contributed by atoms with van der Waals surface area (Å²) in [4.78, 5) is 18.8. The minimum absolute atomic E-state index is 0. The lowest BCUT2D eigenvalue weighted by atomic mass is 10.0. The molecule has 7 aromatic heterocycles. The van der Waals surface area contributed by atoms with Gasteiger partial charge in [0.15, 0.2) is 49.6 Å². The highest BCUT2D eigenvalue weighted by Crippen LogP contribution is 2.38. The highest BCUT2D eigenvalue weighted by molar-refractivity contribution is 6.00. The summed E-state index contributed by atoms with van der Waals surface area (Å²) in [7, 11) is 0. The summed E-state index contributed by atoms with van der Waals surface area (Å²) in [5, 5.41) is 0. The molecule has 0 unspecified atom stereocenters. The molecule has 9 heterocycles. The number of hydrogen-bond donors (Lipinski definition) is 2. The van der Waals surface area contributed by atoms with Crippen LogP contribution < -0.4 is 114 Å². The molecule has 64 heavy (non-hydrogen) atoms. The summed E-state index contributed by atoms with van der Waals surface area (Å²) in [6.45, 7) is 12.7. The fourth-order valence-electron chi connectivity index (χ4n) is 8.55. The first-order chi connectivity index (χ1) is 29.5. The summed E-state index contributed by atoms with van der Waals surface area (Å²) in [6.07, 6.45) is 30.4. The number of nitrogens with zero attached hydrogens (tertiary/aromatic N) is 6. The Morgan fingerprint density at radius 3 is 0.844 bits per heavy atom. The lowest BCUT2D eigenvalue weighted by Crippen LogP contribution is -3.00. The van der Waals surface area contributed by atoms with Gasteiger partial charge in [-0.1, -0.05) is 27.7 Å². The fourth-order valence-corrected chi connectivity index (χ4v) is 8.55. The summed E-state index contributed by atoms with van der Waals surface area (Å²) in [5.41, 5.74) is 16.2. The molecule has 12 heteroatoms. The molecule has 2 aliphatic heterocycles. The van der Waals surface area contributed by atoms with E-state index in [2.05, 4.69) is 203 Å². The van der Waals surface area contributed by atoms with Crippen molar-refractivity contribution in [2.45, 2.75) is 79.6 Å². The van der Waals surface area contributed by atoms with Crippen LogP contribution in [0.1, 0.15) is 76.2 Å². The first kappa shape index (κ1) is 51.1. The van der Waals surface area contributed by atoms with Gasteiger partial charge in [-0.05, 0) is 70.8 Å². The Balaban J connectivity index is 0.00000193. The molecule has 0 aromatic carbocycles. The van der Waals surface area contributed by atoms with Crippen molar-refractivity contribution in [3.63, 3.8) is 0 Å². The van der Waals surface area contributed by atoms with Crippen molar-refractivity contribution in [3.8, 4) is 44.5 Å². The maximum Gasteiger partial charge on any atom is 0.169 e. The molecule has 8 bridgehead atoms. The van der Waals surface area contributed by atoms with E-state index in [1.54, 1.807) is 0 Å². The van der Waals surface area contributed by atoms with Crippen molar-refractivity contribution in [1.82, 2.24) is 19.9 Å². The molecule has 0 atom stereocenters. The summed E-state index contributed by atoms with van der Waals surface area (Å²) in [6, 6.07) is 26.6. The third-order valence-corrected chi connectivity index (χ3v) is 11.4. The third-order valence-electron chi connectivity index (χ3n) is 11.4. The second-order valence-corrected chi connectivity index (χ2v) is 15.8. The number of rotatable bonds is 12. The predicted octanol–water partition coefficient (Wildman–Crippen LogP) is -1.87. The van der Waals surface area contributed by atoms with Crippen LogP contribution in [0.3, 0.4) is 0 Å². The molecule has 330 valence electrons. The Labute approximate surface area is 445 Å². The van der Waals surface area contributed by atoms with Crippen LogP contribution in [0.4, 0.5) is 0 Å². The standard InChI is InChI=1S/C52H53N8.4HI/c1-5-25-57-29-17-37(18-30-57)49-41-9-11-43(53-41)50(38-19-31-58(26-6-2)32-20-38)45-13-15-47(55-45)52(40-23-35-60(28-8-4)36-24-40)48-16-14-46(56-48)51(44-12-10-42(49)54-44)39-21-33-59(27-7-3)34-22-39;;;;/h9-24,29-36H,5-8,25-28H2,1-4H3,(H,53,54,55,56);4*1H/q+3;;;;/p-3. The van der Waals surface area contributed by atoms with E-state index in [0.717, 1.165) is 141 Å². The van der Waals surface area contributed by atoms with Crippen LogP contribution in [0.5, 0.6) is 0 Å². The van der Waals surface area contributed by atoms with Gasteiger partial charge in [-0.25, -0.2) is 28.2 Å². The van der Waals surface area contributed by atoms with E-state index in [-0.39, 0.29) is 95.9 Å². The van der Waals surface area contributed by atoms with Crippen LogP contribution in [0.2, 0.25) is 0 Å². The number of pyridine rings is 4. The van der Waals surface area contributed by atoms with E-state index in [1.165, 1.54) is 0 Å². The molecular weight excluding hydrogens is 1240 g/mol. The van der Waals surface area contributed by atoms with Gasteiger partial charge in [-0.15, -0.1) is 0 Å². The topological polar surface area (TPSA) is 72.9 Å². The molecule has 0 radical (unpaired) electrons. The zero-order valence-corrected chi connectivity index (χ0v) is 45.3. The van der Waals surface area contributed by atoms with Gasteiger partial charge in [0.25, 0.3) is 0 Å². The largest absolute Gasteiger partial charge is 1.00 e. The SMILES string of the molecule is CCC[n+]1ccc(-c2c3nc(c(-c4cc[n+](CCC)cc4)c4ccc([nH]4)c(-c4cc[n+](CCC)cc4)c4ccc([nH]4)c(-c4cc[n+](CCC)cc4)c4nc2C=C4)C=C3)cc1.[I-].[I-].[I-].[I-].